The maximum atomic E-state index is 6.00. The van der Waals surface area contributed by atoms with Crippen LogP contribution in [-0.4, -0.2) is 23.3 Å². The first-order valence-electron chi connectivity index (χ1n) is 8.53. The molecule has 5 heteroatoms. The van der Waals surface area contributed by atoms with E-state index in [9.17, 15) is 0 Å². The third kappa shape index (κ3) is 3.62. The van der Waals surface area contributed by atoms with E-state index in [2.05, 4.69) is 39.3 Å². The first-order valence-corrected chi connectivity index (χ1v) is 8.53. The van der Waals surface area contributed by atoms with Crippen LogP contribution in [0.1, 0.15) is 39.1 Å². The Kier molecular flexibility index (Phi) is 4.72. The number of nitrogens with zero attached hydrogens (tertiary/aromatic N) is 1. The van der Waals surface area contributed by atoms with Crippen molar-refractivity contribution in [1.82, 2.24) is 4.98 Å². The maximum absolute atomic E-state index is 6.00. The largest absolute Gasteiger partial charge is 0.461 e. The Labute approximate surface area is 149 Å². The summed E-state index contributed by atoms with van der Waals surface area (Å²) in [6, 6.07) is 9.82. The molecule has 0 bridgehead atoms. The van der Waals surface area contributed by atoms with E-state index >= 15 is 0 Å². The summed E-state index contributed by atoms with van der Waals surface area (Å²) in [5.41, 5.74) is 1.07. The van der Waals surface area contributed by atoms with Gasteiger partial charge in [-0.15, -0.1) is 0 Å². The molecule has 1 fully saturated rings. The predicted octanol–water partition coefficient (Wildman–Crippen LogP) is 5.09. The second kappa shape index (κ2) is 6.66. The van der Waals surface area contributed by atoms with Gasteiger partial charge >= 0.3 is 7.12 Å². The molecule has 3 rings (SSSR count). The lowest BCUT2D eigenvalue weighted by atomic mass is 9.85. The summed E-state index contributed by atoms with van der Waals surface area (Å²) >= 11 is 0. The van der Waals surface area contributed by atoms with Gasteiger partial charge in [-0.25, -0.2) is 4.98 Å². The van der Waals surface area contributed by atoms with E-state index in [0.717, 1.165) is 11.3 Å². The molecule has 130 valence electrons. The average Bonchev–Trinajstić information content (AvgIpc) is 3.06. The summed E-state index contributed by atoms with van der Waals surface area (Å²) in [5.74, 6) is 1.25. The van der Waals surface area contributed by atoms with E-state index in [4.69, 9.17) is 13.7 Å². The third-order valence-corrected chi connectivity index (χ3v) is 4.79. The lowest BCUT2D eigenvalue weighted by Gasteiger charge is -2.32. The van der Waals surface area contributed by atoms with Crippen LogP contribution in [0.2, 0.25) is 6.32 Å². The topological polar surface area (TPSA) is 44.5 Å². The zero-order valence-corrected chi connectivity index (χ0v) is 15.3. The monoisotopic (exact) mass is 337 g/mol. The Morgan fingerprint density at radius 3 is 2.32 bits per heavy atom. The Bertz CT molecular complexity index is 761. The molecule has 2 aromatic rings. The van der Waals surface area contributed by atoms with Crippen LogP contribution in [0.5, 0.6) is 0 Å². The number of hydrogen-bond donors (Lipinski definition) is 0. The second-order valence-electron chi connectivity index (χ2n) is 7.16. The Morgan fingerprint density at radius 1 is 1.08 bits per heavy atom. The highest BCUT2D eigenvalue weighted by Gasteiger charge is 2.50. The smallest absolute Gasteiger partial charge is 0.436 e. The van der Waals surface area contributed by atoms with Crippen LogP contribution in [-0.2, 0) is 9.31 Å². The molecule has 0 radical (unpaired) electrons. The minimum atomic E-state index is -0.313. The van der Waals surface area contributed by atoms with Crippen LogP contribution in [0.3, 0.4) is 0 Å². The van der Waals surface area contributed by atoms with Crippen LogP contribution < -0.4 is 0 Å². The number of allylic oxidation sites excluding steroid dienone is 1. The van der Waals surface area contributed by atoms with Crippen molar-refractivity contribution < 1.29 is 13.7 Å². The highest BCUT2D eigenvalue weighted by Crippen LogP contribution is 2.37. The van der Waals surface area contributed by atoms with Crippen LogP contribution in [0.15, 0.2) is 47.4 Å². The molecule has 1 aliphatic heterocycles. The van der Waals surface area contributed by atoms with Gasteiger partial charge in [0, 0.05) is 11.9 Å². The third-order valence-electron chi connectivity index (χ3n) is 4.79. The first kappa shape index (κ1) is 17.7. The summed E-state index contributed by atoms with van der Waals surface area (Å²) < 4.78 is 17.8. The summed E-state index contributed by atoms with van der Waals surface area (Å²) in [6.45, 7) is 12.0. The van der Waals surface area contributed by atoms with Gasteiger partial charge in [-0.1, -0.05) is 30.9 Å². The zero-order valence-electron chi connectivity index (χ0n) is 15.3. The van der Waals surface area contributed by atoms with E-state index < -0.39 is 0 Å². The van der Waals surface area contributed by atoms with Crippen molar-refractivity contribution in [3.05, 3.63) is 54.4 Å². The molecule has 1 aromatic carbocycles. The number of rotatable bonds is 5. The highest BCUT2D eigenvalue weighted by atomic mass is 16.7. The van der Waals surface area contributed by atoms with Gasteiger partial charge in [0.2, 0.25) is 5.89 Å². The minimum absolute atomic E-state index is 0.256. The second-order valence-corrected chi connectivity index (χ2v) is 7.16. The van der Waals surface area contributed by atoms with E-state index in [1.807, 2.05) is 42.5 Å². The summed E-state index contributed by atoms with van der Waals surface area (Å²) in [6.07, 6.45) is 6.25. The molecule has 0 N–H and O–H groups in total. The molecule has 0 spiro atoms. The molecule has 0 atom stereocenters. The zero-order chi connectivity index (χ0) is 18.1. The van der Waals surface area contributed by atoms with Gasteiger partial charge in [0.1, 0.15) is 5.69 Å². The summed E-state index contributed by atoms with van der Waals surface area (Å²) in [4.78, 5) is 4.57. The molecule has 4 nitrogen and oxygen atoms in total. The fourth-order valence-corrected chi connectivity index (χ4v) is 2.67. The lowest BCUT2D eigenvalue weighted by Crippen LogP contribution is -2.41. The first-order chi connectivity index (χ1) is 11.8. The van der Waals surface area contributed by atoms with Crippen LogP contribution in [0.25, 0.3) is 23.6 Å². The van der Waals surface area contributed by atoms with Gasteiger partial charge in [-0.05, 0) is 52.0 Å². The highest BCUT2D eigenvalue weighted by molar-refractivity contribution is 6.46. The number of hydrogen-bond acceptors (Lipinski definition) is 4. The van der Waals surface area contributed by atoms with Crippen molar-refractivity contribution in [3.8, 4) is 11.5 Å². The lowest BCUT2D eigenvalue weighted by molar-refractivity contribution is 0.00578. The Hall–Kier alpha value is -2.11. The van der Waals surface area contributed by atoms with E-state index in [1.54, 1.807) is 6.08 Å². The average molecular weight is 337 g/mol. The molecule has 2 heterocycles. The Balaban J connectivity index is 1.72. The quantitative estimate of drug-likeness (QED) is 0.713. The van der Waals surface area contributed by atoms with Gasteiger partial charge in [-0.2, -0.15) is 0 Å². The fraction of sp³-hybridized carbons (Fsp3) is 0.350. The molecule has 1 saturated heterocycles. The van der Waals surface area contributed by atoms with Crippen LogP contribution in [0, 0.1) is 0 Å². The van der Waals surface area contributed by atoms with Gasteiger partial charge in [0.25, 0.3) is 0 Å². The normalized spacial score (nSPS) is 18.8. The van der Waals surface area contributed by atoms with E-state index in [-0.39, 0.29) is 18.3 Å². The molecular formula is C20H24BNO3. The molecule has 1 aliphatic rings. The minimum Gasteiger partial charge on any atom is -0.436 e. The van der Waals surface area contributed by atoms with Crippen LogP contribution >= 0.6 is 0 Å². The Morgan fingerprint density at radius 2 is 1.72 bits per heavy atom. The van der Waals surface area contributed by atoms with Crippen molar-refractivity contribution in [2.75, 3.05) is 0 Å². The van der Waals surface area contributed by atoms with Gasteiger partial charge in [-0.3, -0.25) is 0 Å². The van der Waals surface area contributed by atoms with Gasteiger partial charge in [0.05, 0.1) is 11.2 Å². The van der Waals surface area contributed by atoms with Crippen molar-refractivity contribution in [1.29, 1.82) is 0 Å². The number of oxazole rings is 1. The molecule has 0 unspecified atom stereocenters. The van der Waals surface area contributed by atoms with E-state index in [0.29, 0.717) is 18.0 Å². The van der Waals surface area contributed by atoms with Crippen molar-refractivity contribution in [2.45, 2.75) is 45.2 Å². The molecule has 0 amide bonds. The molecule has 0 aliphatic carbocycles. The van der Waals surface area contributed by atoms with Crippen LogP contribution in [0.4, 0.5) is 0 Å². The molecule has 1 aromatic heterocycles. The summed E-state index contributed by atoms with van der Waals surface area (Å²) in [5, 5.41) is 0. The standard InChI is InChI=1S/C20H24BNO3/c1-6-17-16(22-18(23-17)15-11-8-7-9-12-15)13-10-14-21-24-19(2,3)20(4,5)25-21/h6-13H,1,14H2,2-5H3/b13-10-. The fourth-order valence-electron chi connectivity index (χ4n) is 2.67. The molecular weight excluding hydrogens is 313 g/mol. The number of benzene rings is 1. The molecule has 0 saturated carbocycles. The summed E-state index contributed by atoms with van der Waals surface area (Å²) in [7, 11) is -0.256. The van der Waals surface area contributed by atoms with Gasteiger partial charge < -0.3 is 13.7 Å². The van der Waals surface area contributed by atoms with Crippen molar-refractivity contribution >= 4 is 19.3 Å². The molecule has 25 heavy (non-hydrogen) atoms. The van der Waals surface area contributed by atoms with Crippen molar-refractivity contribution in [2.24, 2.45) is 0 Å². The number of aromatic nitrogens is 1. The van der Waals surface area contributed by atoms with Gasteiger partial charge in [0.15, 0.2) is 5.76 Å². The van der Waals surface area contributed by atoms with E-state index in [1.165, 1.54) is 0 Å². The predicted molar refractivity (Wildman–Crippen MR) is 102 cm³/mol. The SMILES string of the molecule is C=Cc1oc(-c2ccccc2)nc1/C=C\CB1OC(C)(C)C(C)(C)O1. The maximum Gasteiger partial charge on any atom is 0.461 e. The van der Waals surface area contributed by atoms with Crippen molar-refractivity contribution in [3.63, 3.8) is 0 Å².